The van der Waals surface area contributed by atoms with Crippen LogP contribution in [0.4, 0.5) is 0 Å². The Morgan fingerprint density at radius 3 is 2.90 bits per heavy atom. The molecule has 5 nitrogen and oxygen atoms in total. The van der Waals surface area contributed by atoms with Crippen molar-refractivity contribution in [3.63, 3.8) is 0 Å². The molecule has 0 saturated carbocycles. The molecule has 0 aliphatic carbocycles. The molecule has 0 spiro atoms. The number of aromatic nitrogens is 3. The van der Waals surface area contributed by atoms with Crippen molar-refractivity contribution in [2.45, 2.75) is 26.4 Å². The van der Waals surface area contributed by atoms with Crippen LogP contribution in [0.3, 0.4) is 0 Å². The predicted molar refractivity (Wildman–Crippen MR) is 80.5 cm³/mol. The smallest absolute Gasteiger partial charge is 0.120 e. The van der Waals surface area contributed by atoms with E-state index in [2.05, 4.69) is 27.4 Å². The summed E-state index contributed by atoms with van der Waals surface area (Å²) >= 11 is 0. The molecule has 0 aliphatic heterocycles. The largest absolute Gasteiger partial charge is 0.465 e. The standard InChI is InChI=1S/C16H18N4O/c1-11-5-6-15(21-11)12(2)18-9-14-10-19-20-16(14)13-4-3-7-17-8-13/h3-8,10,12,18H,9H2,1-2H3,(H,19,20). The van der Waals surface area contributed by atoms with E-state index >= 15 is 0 Å². The molecule has 108 valence electrons. The lowest BCUT2D eigenvalue weighted by molar-refractivity contribution is 0.416. The summed E-state index contributed by atoms with van der Waals surface area (Å²) in [7, 11) is 0. The van der Waals surface area contributed by atoms with Gasteiger partial charge in [-0.15, -0.1) is 0 Å². The van der Waals surface area contributed by atoms with Crippen molar-refractivity contribution in [1.29, 1.82) is 0 Å². The van der Waals surface area contributed by atoms with E-state index in [-0.39, 0.29) is 6.04 Å². The van der Waals surface area contributed by atoms with Gasteiger partial charge in [0, 0.05) is 30.1 Å². The average molecular weight is 282 g/mol. The molecule has 1 atom stereocenters. The lowest BCUT2D eigenvalue weighted by Gasteiger charge is -2.11. The van der Waals surface area contributed by atoms with Crippen molar-refractivity contribution in [2.75, 3.05) is 0 Å². The summed E-state index contributed by atoms with van der Waals surface area (Å²) in [6.07, 6.45) is 5.44. The molecule has 3 heterocycles. The second kappa shape index (κ2) is 5.93. The van der Waals surface area contributed by atoms with Crippen LogP contribution in [0.25, 0.3) is 11.3 Å². The molecule has 3 aromatic rings. The van der Waals surface area contributed by atoms with E-state index in [9.17, 15) is 0 Å². The van der Waals surface area contributed by atoms with Crippen LogP contribution < -0.4 is 5.32 Å². The van der Waals surface area contributed by atoms with E-state index in [0.29, 0.717) is 6.54 Å². The van der Waals surface area contributed by atoms with Crippen molar-refractivity contribution in [2.24, 2.45) is 0 Å². The van der Waals surface area contributed by atoms with Crippen molar-refractivity contribution in [3.05, 3.63) is 59.9 Å². The fraction of sp³-hybridized carbons (Fsp3) is 0.250. The summed E-state index contributed by atoms with van der Waals surface area (Å²) < 4.78 is 5.63. The first-order chi connectivity index (χ1) is 10.2. The number of furan rings is 1. The Hall–Kier alpha value is -2.40. The third-order valence-corrected chi connectivity index (χ3v) is 3.45. The fourth-order valence-corrected chi connectivity index (χ4v) is 2.26. The number of pyridine rings is 1. The molecule has 21 heavy (non-hydrogen) atoms. The Bertz CT molecular complexity index is 702. The number of aryl methyl sites for hydroxylation is 1. The van der Waals surface area contributed by atoms with Crippen LogP contribution in [-0.4, -0.2) is 15.2 Å². The van der Waals surface area contributed by atoms with E-state index in [0.717, 1.165) is 28.3 Å². The number of hydrogen-bond donors (Lipinski definition) is 2. The van der Waals surface area contributed by atoms with E-state index in [4.69, 9.17) is 4.42 Å². The normalized spacial score (nSPS) is 12.5. The average Bonchev–Trinajstić information content (AvgIpc) is 3.14. The highest BCUT2D eigenvalue weighted by Gasteiger charge is 2.12. The molecule has 0 aromatic carbocycles. The van der Waals surface area contributed by atoms with E-state index in [1.54, 1.807) is 6.20 Å². The predicted octanol–water partition coefficient (Wildman–Crippen LogP) is 3.22. The van der Waals surface area contributed by atoms with Crippen LogP contribution in [0.15, 0.2) is 47.3 Å². The van der Waals surface area contributed by atoms with Gasteiger partial charge in [-0.25, -0.2) is 0 Å². The summed E-state index contributed by atoms with van der Waals surface area (Å²) in [5.41, 5.74) is 3.14. The molecule has 0 aliphatic rings. The maximum Gasteiger partial charge on any atom is 0.120 e. The number of nitrogens with one attached hydrogen (secondary N) is 2. The number of rotatable bonds is 5. The first kappa shape index (κ1) is 13.6. The number of H-pyrrole nitrogens is 1. The van der Waals surface area contributed by atoms with Crippen molar-refractivity contribution in [1.82, 2.24) is 20.5 Å². The molecule has 0 amide bonds. The molecular weight excluding hydrogens is 264 g/mol. The Kier molecular flexibility index (Phi) is 3.83. The van der Waals surface area contributed by atoms with Gasteiger partial charge in [0.25, 0.3) is 0 Å². The minimum atomic E-state index is 0.148. The van der Waals surface area contributed by atoms with E-state index < -0.39 is 0 Å². The van der Waals surface area contributed by atoms with Crippen LogP contribution >= 0.6 is 0 Å². The van der Waals surface area contributed by atoms with Gasteiger partial charge >= 0.3 is 0 Å². The summed E-state index contributed by atoms with van der Waals surface area (Å²) in [5, 5.41) is 10.6. The fourth-order valence-electron chi connectivity index (χ4n) is 2.26. The van der Waals surface area contributed by atoms with Crippen LogP contribution in [0.2, 0.25) is 0 Å². The maximum atomic E-state index is 5.63. The van der Waals surface area contributed by atoms with Gasteiger partial charge in [0.05, 0.1) is 17.9 Å². The van der Waals surface area contributed by atoms with Crippen molar-refractivity contribution in [3.8, 4) is 11.3 Å². The molecule has 3 aromatic heterocycles. The maximum absolute atomic E-state index is 5.63. The summed E-state index contributed by atoms with van der Waals surface area (Å²) in [5.74, 6) is 1.87. The lowest BCUT2D eigenvalue weighted by atomic mass is 10.1. The zero-order valence-electron chi connectivity index (χ0n) is 12.1. The van der Waals surface area contributed by atoms with E-state index in [1.807, 2.05) is 43.6 Å². The molecule has 0 fully saturated rings. The summed E-state index contributed by atoms with van der Waals surface area (Å²) in [6, 6.07) is 8.07. The van der Waals surface area contributed by atoms with Gasteiger partial charge in [-0.3, -0.25) is 10.1 Å². The molecule has 0 bridgehead atoms. The van der Waals surface area contributed by atoms with Gasteiger partial charge in [-0.2, -0.15) is 5.10 Å². The molecular formula is C16H18N4O. The first-order valence-corrected chi connectivity index (χ1v) is 6.96. The molecule has 0 radical (unpaired) electrons. The Morgan fingerprint density at radius 2 is 2.19 bits per heavy atom. The Morgan fingerprint density at radius 1 is 1.29 bits per heavy atom. The van der Waals surface area contributed by atoms with Crippen molar-refractivity contribution < 1.29 is 4.42 Å². The topological polar surface area (TPSA) is 66.7 Å². The number of nitrogens with zero attached hydrogens (tertiary/aromatic N) is 2. The van der Waals surface area contributed by atoms with Crippen LogP contribution in [-0.2, 0) is 6.54 Å². The van der Waals surface area contributed by atoms with Crippen molar-refractivity contribution >= 4 is 0 Å². The van der Waals surface area contributed by atoms with E-state index in [1.165, 1.54) is 0 Å². The van der Waals surface area contributed by atoms with Crippen LogP contribution in [0, 0.1) is 6.92 Å². The third-order valence-electron chi connectivity index (χ3n) is 3.45. The molecule has 3 rings (SSSR count). The minimum absolute atomic E-state index is 0.148. The van der Waals surface area contributed by atoms with Crippen LogP contribution in [0.5, 0.6) is 0 Å². The van der Waals surface area contributed by atoms with Crippen LogP contribution in [0.1, 0.15) is 30.0 Å². The lowest BCUT2D eigenvalue weighted by Crippen LogP contribution is -2.17. The minimum Gasteiger partial charge on any atom is -0.465 e. The zero-order valence-corrected chi connectivity index (χ0v) is 12.1. The molecule has 0 saturated heterocycles. The Balaban J connectivity index is 1.70. The van der Waals surface area contributed by atoms with Gasteiger partial charge in [0.2, 0.25) is 0 Å². The number of hydrogen-bond acceptors (Lipinski definition) is 4. The quantitative estimate of drug-likeness (QED) is 0.754. The molecule has 5 heteroatoms. The molecule has 2 N–H and O–H groups in total. The SMILES string of the molecule is Cc1ccc(C(C)NCc2cn[nH]c2-c2cccnc2)o1. The van der Waals surface area contributed by atoms with Gasteiger partial charge in [-0.05, 0) is 38.1 Å². The van der Waals surface area contributed by atoms with Gasteiger partial charge in [-0.1, -0.05) is 0 Å². The monoisotopic (exact) mass is 282 g/mol. The zero-order chi connectivity index (χ0) is 14.7. The second-order valence-corrected chi connectivity index (χ2v) is 5.06. The Labute approximate surface area is 123 Å². The highest BCUT2D eigenvalue weighted by atomic mass is 16.3. The van der Waals surface area contributed by atoms with Gasteiger partial charge in [0.1, 0.15) is 11.5 Å². The van der Waals surface area contributed by atoms with Gasteiger partial charge in [0.15, 0.2) is 0 Å². The highest BCUT2D eigenvalue weighted by molar-refractivity contribution is 5.61. The second-order valence-electron chi connectivity index (χ2n) is 5.06. The summed E-state index contributed by atoms with van der Waals surface area (Å²) in [6.45, 7) is 4.75. The first-order valence-electron chi connectivity index (χ1n) is 6.96. The highest BCUT2D eigenvalue weighted by Crippen LogP contribution is 2.21. The summed E-state index contributed by atoms with van der Waals surface area (Å²) in [4.78, 5) is 4.14. The third kappa shape index (κ3) is 3.03. The molecule has 1 unspecified atom stereocenters. The number of aromatic amines is 1. The van der Waals surface area contributed by atoms with Gasteiger partial charge < -0.3 is 9.73 Å².